The van der Waals surface area contributed by atoms with Crippen LogP contribution in [-0.2, 0) is 4.79 Å². The predicted octanol–water partition coefficient (Wildman–Crippen LogP) is 1.33. The van der Waals surface area contributed by atoms with E-state index in [4.69, 9.17) is 0 Å². The van der Waals surface area contributed by atoms with E-state index in [9.17, 15) is 4.79 Å². The molecule has 0 fully saturated rings. The topological polar surface area (TPSA) is 29.1 Å². The largest absolute Gasteiger partial charge is 0.356 e. The van der Waals surface area contributed by atoms with E-state index < -0.39 is 0 Å². The van der Waals surface area contributed by atoms with Gasteiger partial charge in [-0.2, -0.15) is 0 Å². The molecule has 0 aromatic rings. The zero-order valence-electron chi connectivity index (χ0n) is 6.40. The minimum Gasteiger partial charge on any atom is -0.356 e. The highest BCUT2D eigenvalue weighted by Gasteiger charge is 1.78. The van der Waals surface area contributed by atoms with Crippen LogP contribution in [0.4, 0.5) is 0 Å². The van der Waals surface area contributed by atoms with Crippen molar-refractivity contribution in [2.24, 2.45) is 0 Å². The first-order valence-electron chi connectivity index (χ1n) is 3.07. The highest BCUT2D eigenvalue weighted by Crippen LogP contribution is 1.56. The summed E-state index contributed by atoms with van der Waals surface area (Å²) < 4.78 is 0. The number of carbonyl (C=O) groups is 1. The second-order valence-corrected chi connectivity index (χ2v) is 1.53. The zero-order chi connectivity index (χ0) is 7.70. The van der Waals surface area contributed by atoms with Crippen LogP contribution in [-0.4, -0.2) is 13.0 Å². The summed E-state index contributed by atoms with van der Waals surface area (Å²) in [5.41, 5.74) is 0. The third kappa shape index (κ3) is 19.0. The smallest absolute Gasteiger partial charge is 0.243 e. The van der Waals surface area contributed by atoms with E-state index in [0.717, 1.165) is 0 Å². The van der Waals surface area contributed by atoms with E-state index in [2.05, 4.69) is 25.7 Å². The number of amides is 1. The third-order valence-corrected chi connectivity index (χ3v) is 0.432. The molecule has 2 nitrogen and oxygen atoms in total. The summed E-state index contributed by atoms with van der Waals surface area (Å²) in [6.07, 6.45) is 2.47. The van der Waals surface area contributed by atoms with E-state index in [0.29, 0.717) is 0 Å². The van der Waals surface area contributed by atoms with E-state index in [-0.39, 0.29) is 5.91 Å². The normalized spacial score (nSPS) is 6.56. The van der Waals surface area contributed by atoms with Crippen LogP contribution in [0.25, 0.3) is 0 Å². The number of hydrogen-bond acceptors (Lipinski definition) is 1. The molecule has 0 unspecified atom stereocenters. The number of hydrogen-bond donors (Lipinski definition) is 1. The predicted molar refractivity (Wildman–Crippen MR) is 40.2 cm³/mol. The summed E-state index contributed by atoms with van der Waals surface area (Å²) in [6, 6.07) is 0. The van der Waals surface area contributed by atoms with Gasteiger partial charge in [-0.05, 0) is 6.08 Å². The molecule has 0 saturated carbocycles. The number of nitrogens with one attached hydrogen (secondary N) is 1. The van der Waals surface area contributed by atoms with Crippen LogP contribution in [0.1, 0.15) is 20.3 Å². The van der Waals surface area contributed by atoms with Gasteiger partial charge in [-0.15, -0.1) is 0 Å². The van der Waals surface area contributed by atoms with Crippen molar-refractivity contribution in [1.29, 1.82) is 0 Å². The lowest BCUT2D eigenvalue weighted by atomic mass is 10.6. The van der Waals surface area contributed by atoms with Gasteiger partial charge in [0.05, 0.1) is 0 Å². The molecule has 0 aromatic carbocycles. The summed E-state index contributed by atoms with van der Waals surface area (Å²) in [5.74, 6) is -0.144. The highest BCUT2D eigenvalue weighted by atomic mass is 16.1. The summed E-state index contributed by atoms with van der Waals surface area (Å²) in [7, 11) is 1.56. The monoisotopic (exact) mass is 129 g/mol. The van der Waals surface area contributed by atoms with Gasteiger partial charge in [0.1, 0.15) is 0 Å². The molecule has 0 aromatic heterocycles. The first kappa shape index (κ1) is 11.1. The molecule has 0 radical (unpaired) electrons. The van der Waals surface area contributed by atoms with Crippen molar-refractivity contribution in [2.75, 3.05) is 7.05 Å². The molecule has 2 heteroatoms. The summed E-state index contributed by atoms with van der Waals surface area (Å²) in [5, 5.41) is 2.36. The Bertz CT molecular complexity index is 79.0. The molecule has 0 bridgehead atoms. The molecule has 0 saturated heterocycles. The Morgan fingerprint density at radius 1 is 1.67 bits per heavy atom. The van der Waals surface area contributed by atoms with Crippen molar-refractivity contribution in [3.05, 3.63) is 12.7 Å². The molecule has 0 heterocycles. The first-order valence-corrected chi connectivity index (χ1v) is 3.07. The van der Waals surface area contributed by atoms with E-state index >= 15 is 0 Å². The van der Waals surface area contributed by atoms with Crippen LogP contribution in [0.3, 0.4) is 0 Å². The Balaban J connectivity index is 0. The quantitative estimate of drug-likeness (QED) is 0.532. The van der Waals surface area contributed by atoms with Crippen molar-refractivity contribution in [3.8, 4) is 0 Å². The summed E-state index contributed by atoms with van der Waals surface area (Å²) in [6.45, 7) is 7.47. The molecule has 0 atom stereocenters. The van der Waals surface area contributed by atoms with Gasteiger partial charge in [-0.1, -0.05) is 26.8 Å². The van der Waals surface area contributed by atoms with Gasteiger partial charge in [-0.25, -0.2) is 0 Å². The lowest BCUT2D eigenvalue weighted by Crippen LogP contribution is -2.13. The van der Waals surface area contributed by atoms with E-state index in [1.54, 1.807) is 7.05 Å². The second-order valence-electron chi connectivity index (χ2n) is 1.53. The maximum Gasteiger partial charge on any atom is 0.243 e. The van der Waals surface area contributed by atoms with E-state index in [1.165, 1.54) is 12.5 Å². The van der Waals surface area contributed by atoms with Crippen LogP contribution >= 0.6 is 0 Å². The highest BCUT2D eigenvalue weighted by molar-refractivity contribution is 5.86. The van der Waals surface area contributed by atoms with Crippen LogP contribution in [0, 0.1) is 0 Å². The zero-order valence-corrected chi connectivity index (χ0v) is 6.40. The first-order chi connectivity index (χ1) is 4.22. The Morgan fingerprint density at radius 2 is 2.00 bits per heavy atom. The lowest BCUT2D eigenvalue weighted by Gasteiger charge is -1.82. The molecule has 1 amide bonds. The minimum atomic E-state index is -0.144. The average molecular weight is 129 g/mol. The molecule has 0 aliphatic carbocycles. The molecular weight excluding hydrogens is 114 g/mol. The number of carbonyl (C=O) groups excluding carboxylic acids is 1. The van der Waals surface area contributed by atoms with Gasteiger partial charge in [0, 0.05) is 7.05 Å². The van der Waals surface area contributed by atoms with Crippen LogP contribution in [0.2, 0.25) is 0 Å². The Morgan fingerprint density at radius 3 is 2.00 bits per heavy atom. The van der Waals surface area contributed by atoms with Crippen molar-refractivity contribution in [1.82, 2.24) is 5.32 Å². The van der Waals surface area contributed by atoms with Crippen LogP contribution in [0.15, 0.2) is 12.7 Å². The minimum absolute atomic E-state index is 0.144. The fraction of sp³-hybridized carbons (Fsp3) is 0.571. The number of likely N-dealkylation sites (N-methyl/N-ethyl adjacent to an activating group) is 1. The maximum absolute atomic E-state index is 9.95. The molecule has 9 heavy (non-hydrogen) atoms. The van der Waals surface area contributed by atoms with Gasteiger partial charge >= 0.3 is 0 Å². The van der Waals surface area contributed by atoms with E-state index in [1.807, 2.05) is 0 Å². The molecular formula is C7H15NO. The maximum atomic E-state index is 9.95. The average Bonchev–Trinajstić information content (AvgIpc) is 1.88. The van der Waals surface area contributed by atoms with Crippen molar-refractivity contribution >= 4 is 5.91 Å². The fourth-order valence-corrected chi connectivity index (χ4v) is 0.102. The molecule has 1 N–H and O–H groups in total. The number of rotatable bonds is 1. The Kier molecular flexibility index (Phi) is 12.6. The standard InChI is InChI=1S/C4H7NO.C3H8/c1-3-4(6)5-2;1-3-2/h3H,1H2,2H3,(H,5,6);3H2,1-2H3. The van der Waals surface area contributed by atoms with Gasteiger partial charge in [0.15, 0.2) is 0 Å². The van der Waals surface area contributed by atoms with Crippen molar-refractivity contribution < 1.29 is 4.79 Å². The molecule has 0 aliphatic rings. The van der Waals surface area contributed by atoms with Gasteiger partial charge < -0.3 is 5.32 Å². The Labute approximate surface area is 57.0 Å². The fourth-order valence-electron chi connectivity index (χ4n) is 0.102. The summed E-state index contributed by atoms with van der Waals surface area (Å²) >= 11 is 0. The van der Waals surface area contributed by atoms with Crippen molar-refractivity contribution in [3.63, 3.8) is 0 Å². The SMILES string of the molecule is C=CC(=O)NC.CCC. The van der Waals surface area contributed by atoms with Crippen LogP contribution in [0.5, 0.6) is 0 Å². The Hall–Kier alpha value is -0.790. The second kappa shape index (κ2) is 10.2. The van der Waals surface area contributed by atoms with Gasteiger partial charge in [0.25, 0.3) is 0 Å². The van der Waals surface area contributed by atoms with Gasteiger partial charge in [0.2, 0.25) is 5.91 Å². The molecule has 0 spiro atoms. The molecule has 0 rings (SSSR count). The molecule has 54 valence electrons. The van der Waals surface area contributed by atoms with Crippen LogP contribution < -0.4 is 5.32 Å². The summed E-state index contributed by atoms with van der Waals surface area (Å²) in [4.78, 5) is 9.95. The van der Waals surface area contributed by atoms with Gasteiger partial charge in [-0.3, -0.25) is 4.79 Å². The lowest BCUT2D eigenvalue weighted by molar-refractivity contribution is -0.116. The third-order valence-electron chi connectivity index (χ3n) is 0.432. The van der Waals surface area contributed by atoms with Crippen molar-refractivity contribution in [2.45, 2.75) is 20.3 Å². The molecule has 0 aliphatic heterocycles.